The van der Waals surface area contributed by atoms with Crippen LogP contribution in [0.4, 0.5) is 5.13 Å². The van der Waals surface area contributed by atoms with E-state index in [1.54, 1.807) is 36.4 Å². The van der Waals surface area contributed by atoms with Crippen LogP contribution in [0.2, 0.25) is 0 Å². The SMILES string of the molecule is CCn1cc(C(=O)Nc2nc(-c3ccco3)c(C(=O)c3ccccc3)s2)ccc1=O. The summed E-state index contributed by atoms with van der Waals surface area (Å²) >= 11 is 1.08. The van der Waals surface area contributed by atoms with Gasteiger partial charge in [-0.05, 0) is 25.1 Å². The number of nitrogens with zero attached hydrogens (tertiary/aromatic N) is 2. The quantitative estimate of drug-likeness (QED) is 0.476. The molecule has 8 heteroatoms. The molecule has 3 heterocycles. The first-order valence-corrected chi connectivity index (χ1v) is 10.0. The fourth-order valence-electron chi connectivity index (χ4n) is 2.91. The molecule has 30 heavy (non-hydrogen) atoms. The standard InChI is InChI=1S/C22H17N3O4S/c1-2-25-13-15(10-11-17(25)26)21(28)24-22-23-18(16-9-6-12-29-16)20(30-22)19(27)14-7-4-3-5-8-14/h3-13H,2H2,1H3,(H,23,24,28). The van der Waals surface area contributed by atoms with E-state index in [-0.39, 0.29) is 16.5 Å². The third kappa shape index (κ3) is 3.85. The summed E-state index contributed by atoms with van der Waals surface area (Å²) in [5, 5.41) is 2.98. The monoisotopic (exact) mass is 419 g/mol. The topological polar surface area (TPSA) is 94.2 Å². The minimum Gasteiger partial charge on any atom is -0.463 e. The number of aryl methyl sites for hydroxylation is 1. The van der Waals surface area contributed by atoms with E-state index in [1.165, 1.54) is 29.2 Å². The lowest BCUT2D eigenvalue weighted by Gasteiger charge is -2.05. The van der Waals surface area contributed by atoms with Gasteiger partial charge in [-0.3, -0.25) is 19.7 Å². The number of nitrogens with one attached hydrogen (secondary N) is 1. The Balaban J connectivity index is 1.69. The second kappa shape index (κ2) is 8.30. The lowest BCUT2D eigenvalue weighted by atomic mass is 10.1. The maximum atomic E-state index is 13.0. The number of carbonyl (C=O) groups excluding carboxylic acids is 2. The molecule has 7 nitrogen and oxygen atoms in total. The number of pyridine rings is 1. The number of thiazole rings is 1. The molecule has 0 saturated heterocycles. The molecule has 1 amide bonds. The summed E-state index contributed by atoms with van der Waals surface area (Å²) in [5.41, 5.74) is 1.02. The number of hydrogen-bond donors (Lipinski definition) is 1. The molecule has 0 aliphatic heterocycles. The Morgan fingerprint density at radius 2 is 1.87 bits per heavy atom. The first-order valence-electron chi connectivity index (χ1n) is 9.23. The van der Waals surface area contributed by atoms with Crippen LogP contribution in [-0.4, -0.2) is 21.2 Å². The summed E-state index contributed by atoms with van der Waals surface area (Å²) in [5.74, 6) is -0.194. The number of ketones is 1. The normalized spacial score (nSPS) is 10.7. The zero-order chi connectivity index (χ0) is 21.1. The number of furan rings is 1. The van der Waals surface area contributed by atoms with Crippen molar-refractivity contribution in [2.24, 2.45) is 0 Å². The van der Waals surface area contributed by atoms with Gasteiger partial charge in [0, 0.05) is 24.4 Å². The third-order valence-electron chi connectivity index (χ3n) is 4.43. The van der Waals surface area contributed by atoms with Gasteiger partial charge in [-0.1, -0.05) is 41.7 Å². The van der Waals surface area contributed by atoms with Crippen LogP contribution in [0.25, 0.3) is 11.5 Å². The predicted octanol–water partition coefficient (Wildman–Crippen LogP) is 4.07. The average molecular weight is 419 g/mol. The molecule has 0 aliphatic carbocycles. The van der Waals surface area contributed by atoms with Crippen molar-refractivity contribution < 1.29 is 14.0 Å². The van der Waals surface area contributed by atoms with E-state index in [0.717, 1.165) is 11.3 Å². The Kier molecular flexibility index (Phi) is 5.40. The highest BCUT2D eigenvalue weighted by Gasteiger charge is 2.23. The van der Waals surface area contributed by atoms with Gasteiger partial charge in [-0.25, -0.2) is 4.98 Å². The second-order valence-corrected chi connectivity index (χ2v) is 7.36. The summed E-state index contributed by atoms with van der Waals surface area (Å²) in [7, 11) is 0. The van der Waals surface area contributed by atoms with Crippen LogP contribution in [0.5, 0.6) is 0 Å². The van der Waals surface area contributed by atoms with Crippen molar-refractivity contribution >= 4 is 28.2 Å². The van der Waals surface area contributed by atoms with Gasteiger partial charge in [0.2, 0.25) is 5.78 Å². The van der Waals surface area contributed by atoms with Crippen molar-refractivity contribution in [2.75, 3.05) is 5.32 Å². The van der Waals surface area contributed by atoms with Crippen molar-refractivity contribution in [2.45, 2.75) is 13.5 Å². The highest BCUT2D eigenvalue weighted by molar-refractivity contribution is 7.18. The van der Waals surface area contributed by atoms with Crippen molar-refractivity contribution in [1.82, 2.24) is 9.55 Å². The molecule has 0 radical (unpaired) electrons. The van der Waals surface area contributed by atoms with E-state index in [1.807, 2.05) is 13.0 Å². The Labute approximate surface area is 175 Å². The zero-order valence-corrected chi connectivity index (χ0v) is 16.8. The highest BCUT2D eigenvalue weighted by Crippen LogP contribution is 2.33. The van der Waals surface area contributed by atoms with Gasteiger partial charge < -0.3 is 8.98 Å². The molecule has 0 bridgehead atoms. The molecular weight excluding hydrogens is 402 g/mol. The number of anilines is 1. The van der Waals surface area contributed by atoms with Gasteiger partial charge in [0.15, 0.2) is 10.9 Å². The molecule has 0 atom stereocenters. The van der Waals surface area contributed by atoms with Gasteiger partial charge in [-0.15, -0.1) is 0 Å². The first kappa shape index (κ1) is 19.5. The molecule has 1 aromatic carbocycles. The number of aromatic nitrogens is 2. The minimum absolute atomic E-state index is 0.181. The molecule has 150 valence electrons. The molecule has 0 aliphatic rings. The van der Waals surface area contributed by atoms with Gasteiger partial charge in [0.25, 0.3) is 11.5 Å². The molecule has 0 saturated carbocycles. The van der Waals surface area contributed by atoms with E-state index in [2.05, 4.69) is 10.3 Å². The Morgan fingerprint density at radius 1 is 1.07 bits per heavy atom. The second-order valence-electron chi connectivity index (χ2n) is 6.37. The lowest BCUT2D eigenvalue weighted by molar-refractivity contribution is 0.102. The van der Waals surface area contributed by atoms with Crippen LogP contribution < -0.4 is 10.9 Å². The van der Waals surface area contributed by atoms with Crippen LogP contribution in [0, 0.1) is 0 Å². The van der Waals surface area contributed by atoms with Gasteiger partial charge in [-0.2, -0.15) is 0 Å². The predicted molar refractivity (Wildman–Crippen MR) is 114 cm³/mol. The van der Waals surface area contributed by atoms with Crippen LogP contribution in [0.1, 0.15) is 32.5 Å². The number of carbonyl (C=O) groups is 2. The molecule has 0 unspecified atom stereocenters. The van der Waals surface area contributed by atoms with E-state index in [4.69, 9.17) is 4.42 Å². The Bertz CT molecular complexity index is 1260. The highest BCUT2D eigenvalue weighted by atomic mass is 32.1. The molecule has 3 aromatic heterocycles. The van der Waals surface area contributed by atoms with Gasteiger partial charge in [0.05, 0.1) is 11.8 Å². The van der Waals surface area contributed by atoms with Crippen molar-refractivity contribution in [3.8, 4) is 11.5 Å². The molecule has 4 rings (SSSR count). The number of amides is 1. The summed E-state index contributed by atoms with van der Waals surface area (Å²) in [6.45, 7) is 2.27. The number of rotatable bonds is 6. The van der Waals surface area contributed by atoms with Gasteiger partial charge in [0.1, 0.15) is 10.6 Å². The van der Waals surface area contributed by atoms with E-state index < -0.39 is 5.91 Å². The van der Waals surface area contributed by atoms with E-state index >= 15 is 0 Å². The minimum atomic E-state index is -0.421. The largest absolute Gasteiger partial charge is 0.463 e. The fraction of sp³-hybridized carbons (Fsp3) is 0.0909. The number of hydrogen-bond acceptors (Lipinski definition) is 6. The van der Waals surface area contributed by atoms with Gasteiger partial charge >= 0.3 is 0 Å². The molecule has 1 N–H and O–H groups in total. The van der Waals surface area contributed by atoms with E-state index in [0.29, 0.717) is 34.0 Å². The third-order valence-corrected chi connectivity index (χ3v) is 5.40. The van der Waals surface area contributed by atoms with Crippen LogP contribution >= 0.6 is 11.3 Å². The molecular formula is C22H17N3O4S. The molecule has 4 aromatic rings. The zero-order valence-electron chi connectivity index (χ0n) is 16.0. The van der Waals surface area contributed by atoms with Crippen LogP contribution in [-0.2, 0) is 6.54 Å². The number of benzene rings is 1. The summed E-state index contributed by atoms with van der Waals surface area (Å²) < 4.78 is 6.87. The fourth-order valence-corrected chi connectivity index (χ4v) is 3.84. The Hall–Kier alpha value is -3.78. The Morgan fingerprint density at radius 3 is 2.57 bits per heavy atom. The maximum Gasteiger partial charge on any atom is 0.258 e. The van der Waals surface area contributed by atoms with Crippen molar-refractivity contribution in [1.29, 1.82) is 0 Å². The first-order chi connectivity index (χ1) is 14.6. The van der Waals surface area contributed by atoms with E-state index in [9.17, 15) is 14.4 Å². The van der Waals surface area contributed by atoms with Crippen LogP contribution in [0.3, 0.4) is 0 Å². The lowest BCUT2D eigenvalue weighted by Crippen LogP contribution is -2.21. The molecule has 0 fully saturated rings. The smallest absolute Gasteiger partial charge is 0.258 e. The van der Waals surface area contributed by atoms with Crippen molar-refractivity contribution in [3.05, 3.63) is 93.4 Å². The van der Waals surface area contributed by atoms with Crippen LogP contribution in [0.15, 0.2) is 76.3 Å². The van der Waals surface area contributed by atoms with Crippen molar-refractivity contribution in [3.63, 3.8) is 0 Å². The summed E-state index contributed by atoms with van der Waals surface area (Å²) in [6, 6.07) is 15.1. The maximum absolute atomic E-state index is 13.0. The average Bonchev–Trinajstić information content (AvgIpc) is 3.44. The summed E-state index contributed by atoms with van der Waals surface area (Å²) in [4.78, 5) is 42.2. The summed E-state index contributed by atoms with van der Waals surface area (Å²) in [6.07, 6.45) is 2.99. The molecule has 0 spiro atoms.